The largest absolute Gasteiger partial charge is 0.454 e. The van der Waals surface area contributed by atoms with Gasteiger partial charge < -0.3 is 14.4 Å². The number of rotatable bonds is 2. The van der Waals surface area contributed by atoms with Gasteiger partial charge in [0.1, 0.15) is 0 Å². The Kier molecular flexibility index (Phi) is 4.38. The second-order valence-corrected chi connectivity index (χ2v) is 9.03. The molecule has 0 radical (unpaired) electrons. The van der Waals surface area contributed by atoms with E-state index in [0.29, 0.717) is 19.6 Å². The molecule has 2 aromatic rings. The van der Waals surface area contributed by atoms with E-state index in [4.69, 9.17) is 9.47 Å². The van der Waals surface area contributed by atoms with Gasteiger partial charge in [-0.25, -0.2) is 4.79 Å². The molecule has 0 aliphatic carbocycles. The maximum absolute atomic E-state index is 13.5. The van der Waals surface area contributed by atoms with E-state index >= 15 is 0 Å². The number of para-hydroxylation sites is 1. The molecule has 33 heavy (non-hydrogen) atoms. The normalized spacial score (nSPS) is 26.3. The maximum Gasteiger partial charge on any atom is 0.330 e. The van der Waals surface area contributed by atoms with Gasteiger partial charge in [0.2, 0.25) is 18.6 Å². The van der Waals surface area contributed by atoms with Gasteiger partial charge in [-0.05, 0) is 35.7 Å². The Bertz CT molecular complexity index is 1180. The number of fused-ring (bicyclic) bond motifs is 5. The summed E-state index contributed by atoms with van der Waals surface area (Å²) in [7, 11) is 1.43. The summed E-state index contributed by atoms with van der Waals surface area (Å²) in [5, 5.41) is 2.43. The highest BCUT2D eigenvalue weighted by Crippen LogP contribution is 2.45. The predicted octanol–water partition coefficient (Wildman–Crippen LogP) is 1.36. The van der Waals surface area contributed by atoms with Crippen molar-refractivity contribution in [2.75, 3.05) is 38.4 Å². The number of nitrogens with one attached hydrogen (secondary N) is 1. The molecule has 1 spiro atoms. The first-order valence-electron chi connectivity index (χ1n) is 11.1. The monoisotopic (exact) mass is 448 g/mol. The first-order valence-corrected chi connectivity index (χ1v) is 11.1. The van der Waals surface area contributed by atoms with Crippen LogP contribution in [-0.4, -0.2) is 67.2 Å². The zero-order valence-corrected chi connectivity index (χ0v) is 18.2. The van der Waals surface area contributed by atoms with Crippen LogP contribution in [0.1, 0.15) is 11.1 Å². The first kappa shape index (κ1) is 20.0. The zero-order chi connectivity index (χ0) is 22.7. The van der Waals surface area contributed by atoms with Crippen molar-refractivity contribution in [3.63, 3.8) is 0 Å². The van der Waals surface area contributed by atoms with Crippen molar-refractivity contribution in [1.82, 2.24) is 15.1 Å². The maximum atomic E-state index is 13.5. The van der Waals surface area contributed by atoms with Gasteiger partial charge in [-0.3, -0.25) is 24.7 Å². The van der Waals surface area contributed by atoms with Crippen molar-refractivity contribution in [1.29, 1.82) is 0 Å². The third-order valence-electron chi connectivity index (χ3n) is 7.26. The van der Waals surface area contributed by atoms with E-state index in [1.54, 1.807) is 0 Å². The van der Waals surface area contributed by atoms with Crippen LogP contribution < -0.4 is 19.7 Å². The van der Waals surface area contributed by atoms with E-state index in [-0.39, 0.29) is 13.2 Å². The molecule has 170 valence electrons. The number of nitrogens with zero attached hydrogens (tertiary/aromatic N) is 3. The summed E-state index contributed by atoms with van der Waals surface area (Å²) in [4.78, 5) is 44.5. The molecule has 2 saturated heterocycles. The van der Waals surface area contributed by atoms with E-state index in [9.17, 15) is 14.4 Å². The van der Waals surface area contributed by atoms with Crippen molar-refractivity contribution in [3.8, 4) is 11.5 Å². The molecule has 0 bridgehead atoms. The minimum Gasteiger partial charge on any atom is -0.454 e. The number of amides is 4. The fourth-order valence-corrected chi connectivity index (χ4v) is 5.58. The number of anilines is 1. The van der Waals surface area contributed by atoms with Crippen LogP contribution in [0.25, 0.3) is 0 Å². The van der Waals surface area contributed by atoms with Gasteiger partial charge >= 0.3 is 6.03 Å². The third kappa shape index (κ3) is 2.92. The van der Waals surface area contributed by atoms with Crippen LogP contribution in [0, 0.1) is 5.41 Å². The summed E-state index contributed by atoms with van der Waals surface area (Å²) in [6.45, 7) is 2.85. The van der Waals surface area contributed by atoms with Gasteiger partial charge in [0, 0.05) is 38.9 Å². The summed E-state index contributed by atoms with van der Waals surface area (Å²) in [5.41, 5.74) is 1.72. The van der Waals surface area contributed by atoms with E-state index in [1.165, 1.54) is 7.05 Å². The number of benzene rings is 2. The van der Waals surface area contributed by atoms with Crippen LogP contribution in [0.5, 0.6) is 11.5 Å². The molecule has 4 heterocycles. The summed E-state index contributed by atoms with van der Waals surface area (Å²) in [6.07, 6.45) is 0.268. The average molecular weight is 448 g/mol. The molecule has 2 atom stereocenters. The topological polar surface area (TPSA) is 91.4 Å². The molecule has 4 amide bonds. The highest BCUT2D eigenvalue weighted by Gasteiger charge is 2.62. The summed E-state index contributed by atoms with van der Waals surface area (Å²) >= 11 is 0. The minimum atomic E-state index is -1.36. The van der Waals surface area contributed by atoms with Crippen LogP contribution in [0.3, 0.4) is 0 Å². The molecule has 1 N–H and O–H groups in total. The van der Waals surface area contributed by atoms with Crippen LogP contribution in [0.2, 0.25) is 0 Å². The van der Waals surface area contributed by atoms with Crippen LogP contribution >= 0.6 is 0 Å². The molecule has 6 rings (SSSR count). The summed E-state index contributed by atoms with van der Waals surface area (Å²) < 4.78 is 10.9. The molecule has 9 nitrogen and oxygen atoms in total. The molecule has 0 aromatic heterocycles. The number of carbonyl (C=O) groups is 3. The lowest BCUT2D eigenvalue weighted by molar-refractivity contribution is -0.153. The molecule has 0 saturated carbocycles. The molecular formula is C24H24N4O5. The number of ether oxygens (including phenoxy) is 2. The number of urea groups is 1. The van der Waals surface area contributed by atoms with Gasteiger partial charge in [-0.15, -0.1) is 0 Å². The lowest BCUT2D eigenvalue weighted by Gasteiger charge is -2.55. The van der Waals surface area contributed by atoms with Gasteiger partial charge in [0.05, 0.1) is 6.04 Å². The fourth-order valence-electron chi connectivity index (χ4n) is 5.58. The van der Waals surface area contributed by atoms with E-state index in [2.05, 4.69) is 15.1 Å². The first-order chi connectivity index (χ1) is 16.0. The van der Waals surface area contributed by atoms with Gasteiger partial charge in [-0.1, -0.05) is 24.3 Å². The Morgan fingerprint density at radius 1 is 1.06 bits per heavy atom. The Morgan fingerprint density at radius 3 is 2.76 bits per heavy atom. The summed E-state index contributed by atoms with van der Waals surface area (Å²) in [6, 6.07) is 12.7. The molecule has 4 aliphatic rings. The Balaban J connectivity index is 1.36. The standard InChI is InChI=1S/C24H24N4O5/c1-26-22(30)24(21(29)25-23(26)31)11-16-4-2-3-5-17(16)28-9-8-27(13-20(24)28)12-15-6-7-18-19(10-15)33-14-32-18/h2-7,10,20H,8-9,11-14H2,1H3,(H,25,29,31)/t20-,24+/m0/s1. The molecular weight excluding hydrogens is 424 g/mol. The van der Waals surface area contributed by atoms with Crippen molar-refractivity contribution < 1.29 is 23.9 Å². The number of imide groups is 2. The number of carbonyl (C=O) groups excluding carboxylic acids is 3. The zero-order valence-electron chi connectivity index (χ0n) is 18.2. The van der Waals surface area contributed by atoms with Crippen molar-refractivity contribution in [2.45, 2.75) is 19.0 Å². The number of piperazine rings is 1. The van der Waals surface area contributed by atoms with Gasteiger partial charge in [-0.2, -0.15) is 0 Å². The Labute approximate surface area is 190 Å². The molecule has 9 heteroatoms. The van der Waals surface area contributed by atoms with E-state index in [1.807, 2.05) is 42.5 Å². The third-order valence-corrected chi connectivity index (χ3v) is 7.26. The van der Waals surface area contributed by atoms with Crippen molar-refractivity contribution >= 4 is 23.5 Å². The lowest BCUT2D eigenvalue weighted by Crippen LogP contribution is -2.74. The average Bonchev–Trinajstić information content (AvgIpc) is 3.29. The van der Waals surface area contributed by atoms with E-state index < -0.39 is 29.3 Å². The number of hydrogen-bond acceptors (Lipinski definition) is 7. The SMILES string of the molecule is CN1C(=O)NC(=O)[C@]2(Cc3ccccc3N3CCN(Cc4ccc5c(c4)OCO5)C[C@H]32)C1=O. The quantitative estimate of drug-likeness (QED) is 0.694. The number of hydrogen-bond donors (Lipinski definition) is 1. The molecule has 2 aromatic carbocycles. The lowest BCUT2D eigenvalue weighted by atomic mass is 9.67. The van der Waals surface area contributed by atoms with Gasteiger partial charge in [0.25, 0.3) is 0 Å². The fraction of sp³-hybridized carbons (Fsp3) is 0.375. The second kappa shape index (κ2) is 7.21. The molecule has 2 fully saturated rings. The van der Waals surface area contributed by atoms with Crippen LogP contribution in [0.15, 0.2) is 42.5 Å². The second-order valence-electron chi connectivity index (χ2n) is 9.03. The highest BCUT2D eigenvalue weighted by molar-refractivity contribution is 6.20. The minimum absolute atomic E-state index is 0.227. The van der Waals surface area contributed by atoms with Gasteiger partial charge in [0.15, 0.2) is 16.9 Å². The predicted molar refractivity (Wildman–Crippen MR) is 118 cm³/mol. The van der Waals surface area contributed by atoms with Crippen molar-refractivity contribution in [3.05, 3.63) is 53.6 Å². The Hall–Kier alpha value is -3.59. The Morgan fingerprint density at radius 2 is 1.88 bits per heavy atom. The highest BCUT2D eigenvalue weighted by atomic mass is 16.7. The van der Waals surface area contributed by atoms with Crippen LogP contribution in [-0.2, 0) is 22.6 Å². The molecule has 0 unspecified atom stereocenters. The molecule has 4 aliphatic heterocycles. The van der Waals surface area contributed by atoms with E-state index in [0.717, 1.165) is 39.8 Å². The van der Waals surface area contributed by atoms with Crippen LogP contribution in [0.4, 0.5) is 10.5 Å². The van der Waals surface area contributed by atoms with Crippen molar-refractivity contribution in [2.24, 2.45) is 5.41 Å². The summed E-state index contributed by atoms with van der Waals surface area (Å²) in [5.74, 6) is 0.524. The number of barbiturate groups is 1. The smallest absolute Gasteiger partial charge is 0.330 e.